The Hall–Kier alpha value is -0.726. The maximum Gasteiger partial charge on any atom is 0.466 e. The molecular formula is C11H20O3Si2. The molecule has 3 nitrogen and oxygen atoms in total. The van der Waals surface area contributed by atoms with Crippen LogP contribution >= 0.6 is 0 Å². The summed E-state index contributed by atoms with van der Waals surface area (Å²) >= 11 is 0. The van der Waals surface area contributed by atoms with Crippen molar-refractivity contribution < 1.29 is 13.3 Å². The Morgan fingerprint density at radius 1 is 0.938 bits per heavy atom. The monoisotopic (exact) mass is 256 g/mol. The summed E-state index contributed by atoms with van der Waals surface area (Å²) in [4.78, 5) is 0. The largest absolute Gasteiger partial charge is 0.466 e. The third kappa shape index (κ3) is 4.42. The van der Waals surface area contributed by atoms with E-state index in [0.717, 1.165) is 0 Å². The van der Waals surface area contributed by atoms with Crippen LogP contribution < -0.4 is 5.19 Å². The summed E-state index contributed by atoms with van der Waals surface area (Å²) in [5.74, 6) is 0. The summed E-state index contributed by atoms with van der Waals surface area (Å²) in [6.45, 7) is 6.00. The van der Waals surface area contributed by atoms with E-state index in [4.69, 9.17) is 13.3 Å². The van der Waals surface area contributed by atoms with E-state index in [1.807, 2.05) is 18.2 Å². The second kappa shape index (κ2) is 8.43. The van der Waals surface area contributed by atoms with E-state index in [1.165, 1.54) is 5.19 Å². The van der Waals surface area contributed by atoms with Gasteiger partial charge in [0.05, 0.1) is 0 Å². The van der Waals surface area contributed by atoms with Gasteiger partial charge >= 0.3 is 8.32 Å². The molecule has 0 amide bonds. The summed E-state index contributed by atoms with van der Waals surface area (Å²) in [6.07, 6.45) is 0. The first kappa shape index (κ1) is 15.3. The van der Waals surface area contributed by atoms with Gasteiger partial charge in [-0.2, -0.15) is 0 Å². The molecule has 0 fully saturated rings. The zero-order valence-corrected chi connectivity index (χ0v) is 12.6. The van der Waals surface area contributed by atoms with Crippen molar-refractivity contribution in [3.63, 3.8) is 0 Å². The molecule has 1 aromatic rings. The Balaban J connectivity index is 0.00000106. The van der Waals surface area contributed by atoms with Crippen molar-refractivity contribution in [3.05, 3.63) is 43.5 Å². The standard InChI is InChI=1S/C9H16O3Si2.C2H4/c1-10-14(11-2,12-3)13-9-7-5-4-6-8-9;1-2/h4-8H,13H2,1-3H3;1-2H2. The molecule has 90 valence electrons. The van der Waals surface area contributed by atoms with Gasteiger partial charge in [-0.25, -0.2) is 0 Å². The van der Waals surface area contributed by atoms with Crippen LogP contribution in [-0.2, 0) is 13.3 Å². The summed E-state index contributed by atoms with van der Waals surface area (Å²) in [5.41, 5.74) is 0. The zero-order valence-electron chi connectivity index (χ0n) is 10.2. The highest BCUT2D eigenvalue weighted by Gasteiger charge is 2.37. The summed E-state index contributed by atoms with van der Waals surface area (Å²) in [5, 5.41) is 1.31. The molecule has 0 heterocycles. The average Bonchev–Trinajstić information content (AvgIpc) is 2.40. The highest BCUT2D eigenvalue weighted by atomic mass is 29.2. The highest BCUT2D eigenvalue weighted by Crippen LogP contribution is 2.03. The molecule has 0 unspecified atom stereocenters. The molecule has 0 spiro atoms. The Bertz CT molecular complexity index is 268. The van der Waals surface area contributed by atoms with Gasteiger partial charge in [-0.15, -0.1) is 13.2 Å². The molecule has 0 radical (unpaired) electrons. The van der Waals surface area contributed by atoms with Gasteiger partial charge in [-0.3, -0.25) is 0 Å². The normalized spacial score (nSPS) is 11.2. The summed E-state index contributed by atoms with van der Waals surface area (Å²) < 4.78 is 16.2. The lowest BCUT2D eigenvalue weighted by atomic mass is 10.4. The van der Waals surface area contributed by atoms with E-state index < -0.39 is 17.4 Å². The Morgan fingerprint density at radius 3 is 1.75 bits per heavy atom. The van der Waals surface area contributed by atoms with E-state index in [1.54, 1.807) is 21.3 Å². The first-order chi connectivity index (χ1) is 7.76. The fraction of sp³-hybridized carbons (Fsp3) is 0.273. The van der Waals surface area contributed by atoms with Gasteiger partial charge in [0.15, 0.2) is 9.04 Å². The minimum atomic E-state index is -2.32. The van der Waals surface area contributed by atoms with Crippen molar-refractivity contribution in [1.82, 2.24) is 0 Å². The average molecular weight is 256 g/mol. The molecule has 0 aliphatic heterocycles. The van der Waals surface area contributed by atoms with E-state index in [2.05, 4.69) is 25.3 Å². The van der Waals surface area contributed by atoms with Gasteiger partial charge in [0.2, 0.25) is 0 Å². The third-order valence-corrected chi connectivity index (χ3v) is 10.5. The molecule has 16 heavy (non-hydrogen) atoms. The van der Waals surface area contributed by atoms with E-state index >= 15 is 0 Å². The first-order valence-corrected chi connectivity index (χ1v) is 9.72. The molecule has 0 bridgehead atoms. The molecule has 0 saturated heterocycles. The van der Waals surface area contributed by atoms with Crippen LogP contribution in [0.2, 0.25) is 0 Å². The van der Waals surface area contributed by atoms with Crippen LogP contribution in [0.1, 0.15) is 0 Å². The molecule has 0 N–H and O–H groups in total. The lowest BCUT2D eigenvalue weighted by Crippen LogP contribution is -2.54. The number of hydrogen-bond donors (Lipinski definition) is 0. The predicted octanol–water partition coefficient (Wildman–Crippen LogP) is 0.658. The number of hydrogen-bond acceptors (Lipinski definition) is 3. The fourth-order valence-electron chi connectivity index (χ4n) is 1.31. The van der Waals surface area contributed by atoms with Crippen LogP contribution in [0.15, 0.2) is 43.5 Å². The highest BCUT2D eigenvalue weighted by molar-refractivity contribution is 7.19. The second-order valence-corrected chi connectivity index (χ2v) is 10.4. The molecule has 1 rings (SSSR count). The smallest absolute Gasteiger partial charge is 0.380 e. The summed E-state index contributed by atoms with van der Waals surface area (Å²) in [7, 11) is 2.03. The van der Waals surface area contributed by atoms with Gasteiger partial charge in [0.25, 0.3) is 0 Å². The fourth-order valence-corrected chi connectivity index (χ4v) is 6.76. The molecule has 1 aromatic carbocycles. The van der Waals surface area contributed by atoms with Gasteiger partial charge in [-0.05, 0) is 0 Å². The molecule has 0 atom stereocenters. The minimum absolute atomic E-state index is 0.632. The SMILES string of the molecule is C=C.CO[Si](OC)(OC)[SiH2]c1ccccc1. The van der Waals surface area contributed by atoms with E-state index in [-0.39, 0.29) is 0 Å². The summed E-state index contributed by atoms with van der Waals surface area (Å²) in [6, 6.07) is 10.3. The Morgan fingerprint density at radius 2 is 1.38 bits per heavy atom. The second-order valence-electron chi connectivity index (χ2n) is 2.96. The van der Waals surface area contributed by atoms with Crippen LogP contribution in [0.4, 0.5) is 0 Å². The zero-order chi connectivity index (χ0) is 12.4. The quantitative estimate of drug-likeness (QED) is 0.572. The lowest BCUT2D eigenvalue weighted by molar-refractivity contribution is 0.149. The van der Waals surface area contributed by atoms with E-state index in [0.29, 0.717) is 0 Å². The van der Waals surface area contributed by atoms with Crippen LogP contribution in [0, 0.1) is 0 Å². The lowest BCUT2D eigenvalue weighted by Gasteiger charge is -2.24. The van der Waals surface area contributed by atoms with Crippen molar-refractivity contribution in [3.8, 4) is 0 Å². The molecule has 0 aliphatic rings. The van der Waals surface area contributed by atoms with Crippen molar-refractivity contribution in [1.29, 1.82) is 0 Å². The molecular weight excluding hydrogens is 236 g/mol. The molecule has 5 heteroatoms. The predicted molar refractivity (Wildman–Crippen MR) is 72.7 cm³/mol. The maximum absolute atomic E-state index is 5.40. The van der Waals surface area contributed by atoms with Gasteiger partial charge in [0.1, 0.15) is 0 Å². The van der Waals surface area contributed by atoms with Crippen LogP contribution in [-0.4, -0.2) is 38.7 Å². The van der Waals surface area contributed by atoms with Crippen molar-refractivity contribution in [2.45, 2.75) is 0 Å². The topological polar surface area (TPSA) is 27.7 Å². The number of rotatable bonds is 5. The molecule has 0 aliphatic carbocycles. The van der Waals surface area contributed by atoms with Gasteiger partial charge < -0.3 is 13.3 Å². The van der Waals surface area contributed by atoms with Crippen LogP contribution in [0.25, 0.3) is 0 Å². The van der Waals surface area contributed by atoms with Crippen LogP contribution in [0.3, 0.4) is 0 Å². The Labute approximate surface area is 101 Å². The number of benzene rings is 1. The minimum Gasteiger partial charge on any atom is -0.380 e. The molecule has 0 aromatic heterocycles. The first-order valence-electron chi connectivity index (χ1n) is 4.95. The van der Waals surface area contributed by atoms with Gasteiger partial charge in [-0.1, -0.05) is 35.5 Å². The van der Waals surface area contributed by atoms with Crippen LogP contribution in [0.5, 0.6) is 0 Å². The van der Waals surface area contributed by atoms with Crippen molar-refractivity contribution in [2.75, 3.05) is 21.3 Å². The van der Waals surface area contributed by atoms with Gasteiger partial charge in [0, 0.05) is 21.3 Å². The van der Waals surface area contributed by atoms with Crippen molar-refractivity contribution in [2.24, 2.45) is 0 Å². The maximum atomic E-state index is 5.40. The van der Waals surface area contributed by atoms with Crippen molar-refractivity contribution >= 4 is 22.5 Å². The molecule has 0 saturated carbocycles. The van der Waals surface area contributed by atoms with E-state index in [9.17, 15) is 0 Å². The third-order valence-electron chi connectivity index (χ3n) is 2.20. The Kier molecular flexibility index (Phi) is 8.05.